The smallest absolute Gasteiger partial charge is 0.132 e. The molecule has 0 amide bonds. The lowest BCUT2D eigenvalue weighted by Crippen LogP contribution is -2.53. The Hall–Kier alpha value is -1.23. The summed E-state index contributed by atoms with van der Waals surface area (Å²) in [5, 5.41) is 0. The molecule has 0 atom stereocenters. The summed E-state index contributed by atoms with van der Waals surface area (Å²) in [6.45, 7) is 3.59. The molecule has 0 unspecified atom stereocenters. The van der Waals surface area contributed by atoms with Crippen LogP contribution >= 0.6 is 0 Å². The minimum Gasteiger partial charge on any atom is -0.488 e. The number of benzene rings is 1. The zero-order valence-corrected chi connectivity index (χ0v) is 11.7. The molecule has 20 heavy (non-hydrogen) atoms. The zero-order valence-electron chi connectivity index (χ0n) is 11.7. The number of hydrogen-bond acceptors (Lipinski definition) is 2. The van der Waals surface area contributed by atoms with Crippen molar-refractivity contribution in [2.45, 2.75) is 32.3 Å². The third-order valence-corrected chi connectivity index (χ3v) is 3.59. The van der Waals surface area contributed by atoms with E-state index in [0.717, 1.165) is 32.5 Å². The van der Waals surface area contributed by atoms with Gasteiger partial charge in [0, 0.05) is 30.8 Å². The third-order valence-electron chi connectivity index (χ3n) is 3.59. The topological polar surface area (TPSA) is 12.5 Å². The number of alkyl halides is 1. The van der Waals surface area contributed by atoms with Crippen LogP contribution in [0.5, 0.6) is 5.75 Å². The van der Waals surface area contributed by atoms with E-state index in [1.54, 1.807) is 0 Å². The molecular weight excluding hydrogens is 267 g/mol. The summed E-state index contributed by atoms with van der Waals surface area (Å²) in [7, 11) is 0. The van der Waals surface area contributed by atoms with Crippen LogP contribution in [0.2, 0.25) is 0 Å². The van der Waals surface area contributed by atoms with Gasteiger partial charge in [0.1, 0.15) is 23.5 Å². The molecule has 112 valence electrons. The predicted octanol–water partition coefficient (Wildman–Crippen LogP) is 3.48. The largest absolute Gasteiger partial charge is 0.488 e. The molecule has 0 spiro atoms. The quantitative estimate of drug-likeness (QED) is 0.712. The average molecular weight is 287 g/mol. The maximum Gasteiger partial charge on any atom is 0.132 e. The second kappa shape index (κ2) is 6.97. The van der Waals surface area contributed by atoms with Crippen molar-refractivity contribution in [2.24, 2.45) is 0 Å². The number of ether oxygens (including phenoxy) is 1. The van der Waals surface area contributed by atoms with Crippen LogP contribution in [0.15, 0.2) is 12.1 Å². The Kier molecular flexibility index (Phi) is 5.29. The summed E-state index contributed by atoms with van der Waals surface area (Å²) >= 11 is 0. The zero-order chi connectivity index (χ0) is 14.5. The molecule has 2 nitrogen and oxygen atoms in total. The Labute approximate surface area is 117 Å². The molecule has 1 aromatic rings. The van der Waals surface area contributed by atoms with E-state index < -0.39 is 11.6 Å². The number of nitrogens with zero attached hydrogens (tertiary/aromatic N) is 1. The third kappa shape index (κ3) is 3.88. The lowest BCUT2D eigenvalue weighted by molar-refractivity contribution is 0.0186. The first kappa shape index (κ1) is 15.2. The minimum absolute atomic E-state index is 0.0143. The van der Waals surface area contributed by atoms with Gasteiger partial charge < -0.3 is 4.74 Å². The van der Waals surface area contributed by atoms with Gasteiger partial charge in [-0.05, 0) is 32.7 Å². The van der Waals surface area contributed by atoms with Crippen molar-refractivity contribution in [3.05, 3.63) is 29.3 Å². The fourth-order valence-electron chi connectivity index (χ4n) is 2.27. The number of likely N-dealkylation sites (tertiary alicyclic amines) is 1. The highest BCUT2D eigenvalue weighted by Crippen LogP contribution is 2.23. The summed E-state index contributed by atoms with van der Waals surface area (Å²) in [5.74, 6) is -0.919. The average Bonchev–Trinajstić information content (AvgIpc) is 2.37. The fraction of sp³-hybridized carbons (Fsp3) is 0.600. The molecule has 5 heteroatoms. The summed E-state index contributed by atoms with van der Waals surface area (Å²) in [6, 6.07) is 2.45. The van der Waals surface area contributed by atoms with E-state index in [-0.39, 0.29) is 24.1 Å². The number of rotatable bonds is 7. The van der Waals surface area contributed by atoms with Crippen molar-refractivity contribution in [3.8, 4) is 5.75 Å². The highest BCUT2D eigenvalue weighted by molar-refractivity contribution is 5.30. The fourth-order valence-corrected chi connectivity index (χ4v) is 2.27. The second-order valence-electron chi connectivity index (χ2n) is 5.26. The molecule has 0 aliphatic carbocycles. The van der Waals surface area contributed by atoms with Crippen LogP contribution in [0.25, 0.3) is 0 Å². The molecule has 1 fully saturated rings. The van der Waals surface area contributed by atoms with Gasteiger partial charge in [0.25, 0.3) is 0 Å². The van der Waals surface area contributed by atoms with E-state index in [2.05, 4.69) is 4.90 Å². The van der Waals surface area contributed by atoms with Gasteiger partial charge in [-0.3, -0.25) is 9.29 Å². The van der Waals surface area contributed by atoms with Gasteiger partial charge in [-0.15, -0.1) is 0 Å². The molecular formula is C15H20F3NO. The normalized spacial score (nSPS) is 16.2. The van der Waals surface area contributed by atoms with Crippen LogP contribution in [-0.4, -0.2) is 37.3 Å². The van der Waals surface area contributed by atoms with Crippen molar-refractivity contribution in [1.29, 1.82) is 0 Å². The van der Waals surface area contributed by atoms with Gasteiger partial charge in [-0.1, -0.05) is 0 Å². The summed E-state index contributed by atoms with van der Waals surface area (Å²) in [5.41, 5.74) is 0.0143. The molecule has 0 aromatic heterocycles. The van der Waals surface area contributed by atoms with Crippen molar-refractivity contribution < 1.29 is 17.9 Å². The van der Waals surface area contributed by atoms with Crippen LogP contribution < -0.4 is 4.74 Å². The first-order chi connectivity index (χ1) is 9.60. The van der Waals surface area contributed by atoms with Gasteiger partial charge in [0.15, 0.2) is 0 Å². The molecule has 2 rings (SSSR count). The standard InChI is InChI=1S/C15H20F3NO/c1-11-14(17)7-12(8-15(11)18)20-13-9-19(10-13)6-4-2-3-5-16/h7-8,13H,2-6,9-10H2,1H3. The molecule has 1 aliphatic rings. The van der Waals surface area contributed by atoms with Gasteiger partial charge in [0.2, 0.25) is 0 Å². The van der Waals surface area contributed by atoms with E-state index in [9.17, 15) is 13.2 Å². The number of hydrogen-bond donors (Lipinski definition) is 0. The van der Waals surface area contributed by atoms with Crippen molar-refractivity contribution in [2.75, 3.05) is 26.3 Å². The molecule has 1 saturated heterocycles. The van der Waals surface area contributed by atoms with Crippen LogP contribution in [0.3, 0.4) is 0 Å². The van der Waals surface area contributed by atoms with Crippen LogP contribution in [-0.2, 0) is 0 Å². The van der Waals surface area contributed by atoms with Crippen LogP contribution in [0, 0.1) is 18.6 Å². The summed E-state index contributed by atoms with van der Waals surface area (Å²) in [6.07, 6.45) is 2.48. The van der Waals surface area contributed by atoms with Crippen LogP contribution in [0.4, 0.5) is 13.2 Å². The number of unbranched alkanes of at least 4 members (excludes halogenated alkanes) is 2. The first-order valence-corrected chi connectivity index (χ1v) is 7.00. The van der Waals surface area contributed by atoms with Crippen molar-refractivity contribution >= 4 is 0 Å². The van der Waals surface area contributed by atoms with E-state index in [0.29, 0.717) is 6.42 Å². The Morgan fingerprint density at radius 1 is 1.15 bits per heavy atom. The lowest BCUT2D eigenvalue weighted by atomic mass is 10.1. The van der Waals surface area contributed by atoms with Gasteiger partial charge in [-0.2, -0.15) is 0 Å². The van der Waals surface area contributed by atoms with Crippen LogP contribution in [0.1, 0.15) is 24.8 Å². The maximum atomic E-state index is 13.4. The first-order valence-electron chi connectivity index (χ1n) is 7.00. The highest BCUT2D eigenvalue weighted by atomic mass is 19.1. The molecule has 0 N–H and O–H groups in total. The van der Waals surface area contributed by atoms with Gasteiger partial charge in [0.05, 0.1) is 6.67 Å². The summed E-state index contributed by atoms with van der Waals surface area (Å²) in [4.78, 5) is 2.20. The molecule has 1 aromatic carbocycles. The van der Waals surface area contributed by atoms with Gasteiger partial charge in [-0.25, -0.2) is 8.78 Å². The lowest BCUT2D eigenvalue weighted by Gasteiger charge is -2.39. The summed E-state index contributed by atoms with van der Waals surface area (Å²) < 4.78 is 44.2. The van der Waals surface area contributed by atoms with E-state index >= 15 is 0 Å². The van der Waals surface area contributed by atoms with E-state index in [4.69, 9.17) is 4.74 Å². The van der Waals surface area contributed by atoms with Crippen molar-refractivity contribution in [3.63, 3.8) is 0 Å². The Balaban J connectivity index is 1.72. The molecule has 1 heterocycles. The predicted molar refractivity (Wildman–Crippen MR) is 71.8 cm³/mol. The number of halogens is 3. The Morgan fingerprint density at radius 2 is 1.80 bits per heavy atom. The SMILES string of the molecule is Cc1c(F)cc(OC2CN(CCCCCF)C2)cc1F. The highest BCUT2D eigenvalue weighted by Gasteiger charge is 2.28. The molecule has 0 saturated carbocycles. The second-order valence-corrected chi connectivity index (χ2v) is 5.26. The molecule has 1 aliphatic heterocycles. The maximum absolute atomic E-state index is 13.4. The van der Waals surface area contributed by atoms with Crippen molar-refractivity contribution in [1.82, 2.24) is 4.90 Å². The monoisotopic (exact) mass is 287 g/mol. The van der Waals surface area contributed by atoms with E-state index in [1.165, 1.54) is 19.1 Å². The Bertz CT molecular complexity index is 424. The minimum atomic E-state index is -0.581. The van der Waals surface area contributed by atoms with E-state index in [1.807, 2.05) is 0 Å². The Morgan fingerprint density at radius 3 is 2.40 bits per heavy atom. The molecule has 0 radical (unpaired) electrons. The molecule has 0 bridgehead atoms. The van der Waals surface area contributed by atoms with Gasteiger partial charge >= 0.3 is 0 Å².